The maximum absolute atomic E-state index is 14.5. The summed E-state index contributed by atoms with van der Waals surface area (Å²) in [6.45, 7) is 13.7. The molecule has 0 aliphatic carbocycles. The lowest BCUT2D eigenvalue weighted by Crippen LogP contribution is -2.18. The Balaban J connectivity index is 2.46. The van der Waals surface area contributed by atoms with Crippen molar-refractivity contribution in [3.05, 3.63) is 45.7 Å². The fraction of sp³-hybridized carbons (Fsp3) is 0.524. The van der Waals surface area contributed by atoms with Gasteiger partial charge in [0, 0.05) is 10.8 Å². The molecule has 0 fully saturated rings. The Morgan fingerprint density at radius 3 is 2.34 bits per heavy atom. The van der Waals surface area contributed by atoms with Crippen LogP contribution in [-0.2, 0) is 26.5 Å². The summed E-state index contributed by atoms with van der Waals surface area (Å²) in [5.74, 6) is -0.992. The summed E-state index contributed by atoms with van der Waals surface area (Å²) in [5.41, 5.74) is 2.49. The van der Waals surface area contributed by atoms with Crippen LogP contribution < -0.4 is 5.14 Å². The zero-order valence-corrected chi connectivity index (χ0v) is 19.7. The highest BCUT2D eigenvalue weighted by Crippen LogP contribution is 2.31. The number of hydrogen-bond acceptors (Lipinski definition) is 4. The zero-order valence-electron chi connectivity index (χ0n) is 18.1. The number of hydrogen-bond donors (Lipinski definition) is 1. The molecule has 1 aromatic heterocycles. The van der Waals surface area contributed by atoms with Crippen LogP contribution >= 0.6 is 11.3 Å². The second-order valence-electron chi connectivity index (χ2n) is 8.82. The Labute approximate surface area is 177 Å². The first kappa shape index (κ1) is 23.6. The van der Waals surface area contributed by atoms with E-state index in [0.29, 0.717) is 11.1 Å². The first-order valence-electron chi connectivity index (χ1n) is 9.59. The maximum Gasteiger partial charge on any atom is 0.259 e. The average Bonchev–Trinajstić information content (AvgIpc) is 3.04. The first-order valence-corrected chi connectivity index (χ1v) is 12.0. The van der Waals surface area contributed by atoms with Gasteiger partial charge in [0.1, 0.15) is 5.82 Å². The number of rotatable bonds is 5. The quantitative estimate of drug-likeness (QED) is 0.686. The number of carbonyl (C=O) groups is 1. The Morgan fingerprint density at radius 1 is 1.24 bits per heavy atom. The number of nitrogens with zero attached hydrogens (tertiary/aromatic N) is 2. The van der Waals surface area contributed by atoms with Crippen LogP contribution in [0.5, 0.6) is 0 Å². The third kappa shape index (κ3) is 5.49. The molecule has 1 atom stereocenters. The molecule has 1 aromatic carbocycles. The standard InChI is InChI=1S/C21H30FN3O2S2/c1-12(2)14-8-9-16(22)19(13(3)4)15(14)10-18(26)25-29(23,27)20-24-17(11-28-20)21(5,6)7/h8-9,11-13H,10H2,1-7H3,(H2,23,25,26,27)/t29-/m0/s1. The van der Waals surface area contributed by atoms with Gasteiger partial charge in [-0.1, -0.05) is 54.5 Å². The molecule has 0 aliphatic rings. The molecule has 0 saturated carbocycles. The SMILES string of the molecule is CC(C)c1ccc(F)c(C(C)C)c1CC(=O)N=[S@](N)(=O)c1nc(C(C)(C)C)cs1. The van der Waals surface area contributed by atoms with Crippen molar-refractivity contribution in [2.24, 2.45) is 9.50 Å². The lowest BCUT2D eigenvalue weighted by atomic mass is 9.86. The third-order valence-corrected chi connectivity index (χ3v) is 7.31. The van der Waals surface area contributed by atoms with Gasteiger partial charge >= 0.3 is 0 Å². The van der Waals surface area contributed by atoms with Crippen LogP contribution in [0.1, 0.15) is 82.7 Å². The molecule has 2 N–H and O–H groups in total. The van der Waals surface area contributed by atoms with Crippen molar-refractivity contribution < 1.29 is 13.4 Å². The number of thiazole rings is 1. The molecular weight excluding hydrogens is 409 g/mol. The Morgan fingerprint density at radius 2 is 1.86 bits per heavy atom. The number of halogens is 1. The van der Waals surface area contributed by atoms with Crippen molar-refractivity contribution in [1.29, 1.82) is 0 Å². The minimum Gasteiger partial charge on any atom is -0.272 e. The van der Waals surface area contributed by atoms with Crippen LogP contribution in [0, 0.1) is 5.82 Å². The summed E-state index contributed by atoms with van der Waals surface area (Å²) >= 11 is 1.13. The van der Waals surface area contributed by atoms with Gasteiger partial charge in [0.25, 0.3) is 5.91 Å². The monoisotopic (exact) mass is 439 g/mol. The van der Waals surface area contributed by atoms with Gasteiger partial charge in [0.2, 0.25) is 4.34 Å². The number of amides is 1. The van der Waals surface area contributed by atoms with Crippen molar-refractivity contribution in [1.82, 2.24) is 4.98 Å². The molecule has 29 heavy (non-hydrogen) atoms. The lowest BCUT2D eigenvalue weighted by molar-refractivity contribution is -0.117. The maximum atomic E-state index is 14.5. The van der Waals surface area contributed by atoms with E-state index >= 15 is 0 Å². The molecule has 160 valence electrons. The molecule has 0 unspecified atom stereocenters. The van der Waals surface area contributed by atoms with E-state index in [2.05, 4.69) is 9.35 Å². The summed E-state index contributed by atoms with van der Waals surface area (Å²) in [6, 6.07) is 3.14. The number of benzene rings is 1. The number of carbonyl (C=O) groups excluding carboxylic acids is 1. The first-order chi connectivity index (χ1) is 13.2. The molecule has 1 amide bonds. The van der Waals surface area contributed by atoms with Gasteiger partial charge < -0.3 is 0 Å². The predicted octanol–water partition coefficient (Wildman–Crippen LogP) is 5.30. The van der Waals surface area contributed by atoms with E-state index in [9.17, 15) is 13.4 Å². The summed E-state index contributed by atoms with van der Waals surface area (Å²) < 4.78 is 31.3. The van der Waals surface area contributed by atoms with Crippen LogP contribution in [0.25, 0.3) is 0 Å². The second kappa shape index (κ2) is 8.62. The fourth-order valence-corrected chi connectivity index (χ4v) is 5.38. The van der Waals surface area contributed by atoms with E-state index in [4.69, 9.17) is 5.14 Å². The topological polar surface area (TPSA) is 85.4 Å². The van der Waals surface area contributed by atoms with Gasteiger partial charge in [-0.25, -0.2) is 18.7 Å². The molecule has 0 aliphatic heterocycles. The Hall–Kier alpha value is -1.64. The molecule has 2 rings (SSSR count). The molecule has 5 nitrogen and oxygen atoms in total. The normalized spacial score (nSPS) is 14.3. The van der Waals surface area contributed by atoms with Crippen molar-refractivity contribution in [3.8, 4) is 0 Å². The highest BCUT2D eigenvalue weighted by Gasteiger charge is 2.23. The van der Waals surface area contributed by atoms with Crippen LogP contribution in [0.2, 0.25) is 0 Å². The molecule has 0 spiro atoms. The van der Waals surface area contributed by atoms with Gasteiger partial charge in [-0.05, 0) is 34.6 Å². The number of aromatic nitrogens is 1. The molecule has 2 aromatic rings. The van der Waals surface area contributed by atoms with E-state index in [-0.39, 0.29) is 33.8 Å². The highest BCUT2D eigenvalue weighted by molar-refractivity contribution is 7.93. The minimum atomic E-state index is -3.46. The van der Waals surface area contributed by atoms with Crippen LogP contribution in [-0.4, -0.2) is 15.1 Å². The van der Waals surface area contributed by atoms with Gasteiger partial charge in [-0.2, -0.15) is 0 Å². The van der Waals surface area contributed by atoms with Gasteiger partial charge in [-0.3, -0.25) is 4.79 Å². The van der Waals surface area contributed by atoms with Crippen LogP contribution in [0.3, 0.4) is 0 Å². The Kier molecular flexibility index (Phi) is 7.02. The predicted molar refractivity (Wildman–Crippen MR) is 117 cm³/mol. The van der Waals surface area contributed by atoms with Gasteiger partial charge in [0.15, 0.2) is 9.92 Å². The number of nitrogens with two attached hydrogens (primary N) is 1. The molecule has 0 bridgehead atoms. The lowest BCUT2D eigenvalue weighted by Gasteiger charge is -2.19. The summed E-state index contributed by atoms with van der Waals surface area (Å²) in [7, 11) is -3.46. The van der Waals surface area contributed by atoms with E-state index < -0.39 is 15.8 Å². The largest absolute Gasteiger partial charge is 0.272 e. The van der Waals surface area contributed by atoms with Gasteiger partial charge in [-0.15, -0.1) is 15.7 Å². The smallest absolute Gasteiger partial charge is 0.259 e. The van der Waals surface area contributed by atoms with Crippen molar-refractivity contribution in [2.45, 2.75) is 76.5 Å². The van der Waals surface area contributed by atoms with E-state index in [1.807, 2.05) is 48.5 Å². The summed E-state index contributed by atoms with van der Waals surface area (Å²) in [6.07, 6.45) is -0.148. The average molecular weight is 440 g/mol. The van der Waals surface area contributed by atoms with Crippen LogP contribution in [0.15, 0.2) is 26.2 Å². The van der Waals surface area contributed by atoms with Gasteiger partial charge in [0.05, 0.1) is 12.1 Å². The Bertz CT molecular complexity index is 1030. The molecule has 0 radical (unpaired) electrons. The molecule has 8 heteroatoms. The third-order valence-electron chi connectivity index (χ3n) is 4.61. The minimum absolute atomic E-state index is 0.103. The highest BCUT2D eigenvalue weighted by atomic mass is 32.2. The van der Waals surface area contributed by atoms with E-state index in [0.717, 1.165) is 22.6 Å². The molecule has 1 heterocycles. The molecular formula is C21H30FN3O2S2. The van der Waals surface area contributed by atoms with Crippen LogP contribution in [0.4, 0.5) is 4.39 Å². The van der Waals surface area contributed by atoms with Crippen molar-refractivity contribution in [3.63, 3.8) is 0 Å². The van der Waals surface area contributed by atoms with E-state index in [1.165, 1.54) is 6.07 Å². The van der Waals surface area contributed by atoms with Crippen molar-refractivity contribution in [2.75, 3.05) is 0 Å². The van der Waals surface area contributed by atoms with E-state index in [1.54, 1.807) is 11.4 Å². The molecule has 0 saturated heterocycles. The summed E-state index contributed by atoms with van der Waals surface area (Å²) in [5, 5.41) is 7.67. The summed E-state index contributed by atoms with van der Waals surface area (Å²) in [4.78, 5) is 17.0. The fourth-order valence-electron chi connectivity index (χ4n) is 3.13. The zero-order chi connectivity index (χ0) is 22.1. The second-order valence-corrected chi connectivity index (χ2v) is 11.6. The van der Waals surface area contributed by atoms with Crippen molar-refractivity contribution >= 4 is 27.2 Å².